The van der Waals surface area contributed by atoms with Gasteiger partial charge in [0.1, 0.15) is 0 Å². The first kappa shape index (κ1) is 17.1. The van der Waals surface area contributed by atoms with Gasteiger partial charge in [0.25, 0.3) is 0 Å². The molecule has 0 saturated carbocycles. The molecule has 4 nitrogen and oxygen atoms in total. The van der Waals surface area contributed by atoms with Crippen LogP contribution >= 0.6 is 0 Å². The molecule has 0 aromatic heterocycles. The van der Waals surface area contributed by atoms with Crippen LogP contribution in [0.1, 0.15) is 26.7 Å². The Morgan fingerprint density at radius 2 is 1.18 bits per heavy atom. The van der Waals surface area contributed by atoms with Gasteiger partial charge < -0.3 is 18.6 Å². The van der Waals surface area contributed by atoms with Gasteiger partial charge in [-0.2, -0.15) is 0 Å². The lowest BCUT2D eigenvalue weighted by Gasteiger charge is -2.06. The molecule has 0 spiro atoms. The molecular formula is C12H26O4Si. The fourth-order valence-electron chi connectivity index (χ4n) is 1.03. The largest absolute Gasteiger partial charge is 0.415 e. The molecular weight excluding hydrogens is 236 g/mol. The highest BCUT2D eigenvalue weighted by Crippen LogP contribution is 1.87. The van der Waals surface area contributed by atoms with Gasteiger partial charge in [-0.3, -0.25) is 0 Å². The van der Waals surface area contributed by atoms with Crippen LogP contribution in [-0.2, 0) is 18.6 Å². The minimum atomic E-state index is 0.616. The SMILES string of the molecule is CCCOCCOCCOCCO[Si]CCC. The van der Waals surface area contributed by atoms with Gasteiger partial charge in [0.15, 0.2) is 0 Å². The molecule has 0 N–H and O–H groups in total. The van der Waals surface area contributed by atoms with Crippen molar-refractivity contribution in [2.45, 2.75) is 32.7 Å². The van der Waals surface area contributed by atoms with Crippen molar-refractivity contribution in [3.8, 4) is 0 Å². The van der Waals surface area contributed by atoms with Crippen molar-refractivity contribution >= 4 is 9.76 Å². The summed E-state index contributed by atoms with van der Waals surface area (Å²) < 4.78 is 21.4. The van der Waals surface area contributed by atoms with Crippen LogP contribution in [-0.4, -0.2) is 56.0 Å². The van der Waals surface area contributed by atoms with E-state index in [1.165, 1.54) is 6.42 Å². The maximum atomic E-state index is 5.39. The second-order valence-electron chi connectivity index (χ2n) is 3.58. The molecule has 0 rings (SSSR count). The van der Waals surface area contributed by atoms with E-state index in [2.05, 4.69) is 13.8 Å². The Morgan fingerprint density at radius 1 is 0.647 bits per heavy atom. The zero-order valence-electron chi connectivity index (χ0n) is 11.2. The van der Waals surface area contributed by atoms with Gasteiger partial charge in [0, 0.05) is 6.61 Å². The van der Waals surface area contributed by atoms with E-state index in [-0.39, 0.29) is 0 Å². The first-order valence-electron chi connectivity index (χ1n) is 6.49. The van der Waals surface area contributed by atoms with E-state index in [4.69, 9.17) is 18.6 Å². The van der Waals surface area contributed by atoms with Crippen molar-refractivity contribution in [3.63, 3.8) is 0 Å². The molecule has 0 heterocycles. The standard InChI is InChI=1S/C12H26O4Si/c1-3-5-13-6-7-14-8-9-15-10-11-16-17-12-4-2/h3-12H2,1-2H3. The molecule has 2 radical (unpaired) electrons. The van der Waals surface area contributed by atoms with Crippen molar-refractivity contribution in [2.24, 2.45) is 0 Å². The lowest BCUT2D eigenvalue weighted by molar-refractivity contribution is 0.00958. The third kappa shape index (κ3) is 16.1. The first-order valence-corrected chi connectivity index (χ1v) is 7.61. The molecule has 0 aliphatic heterocycles. The van der Waals surface area contributed by atoms with Crippen molar-refractivity contribution in [3.05, 3.63) is 0 Å². The maximum Gasteiger partial charge on any atom is 0.229 e. The smallest absolute Gasteiger partial charge is 0.229 e. The number of rotatable bonds is 14. The highest BCUT2D eigenvalue weighted by molar-refractivity contribution is 6.26. The van der Waals surface area contributed by atoms with Crippen LogP contribution in [0.4, 0.5) is 0 Å². The monoisotopic (exact) mass is 262 g/mol. The molecule has 102 valence electrons. The highest BCUT2D eigenvalue weighted by Gasteiger charge is 1.92. The van der Waals surface area contributed by atoms with Crippen LogP contribution < -0.4 is 0 Å². The maximum absolute atomic E-state index is 5.39. The summed E-state index contributed by atoms with van der Waals surface area (Å²) in [5, 5.41) is 0. The molecule has 0 aromatic carbocycles. The minimum Gasteiger partial charge on any atom is -0.415 e. The second kappa shape index (κ2) is 16.1. The summed E-state index contributed by atoms with van der Waals surface area (Å²) in [6, 6.07) is 1.15. The Balaban J connectivity index is 2.85. The van der Waals surface area contributed by atoms with Gasteiger partial charge >= 0.3 is 0 Å². The number of hydrogen-bond donors (Lipinski definition) is 0. The predicted octanol–water partition coefficient (Wildman–Crippen LogP) is 1.91. The molecule has 0 fully saturated rings. The van der Waals surface area contributed by atoms with E-state index in [9.17, 15) is 0 Å². The Kier molecular flexibility index (Phi) is 16.1. The summed E-state index contributed by atoms with van der Waals surface area (Å²) in [6.07, 6.45) is 2.25. The molecule has 0 saturated heterocycles. The molecule has 0 bridgehead atoms. The van der Waals surface area contributed by atoms with Crippen molar-refractivity contribution in [2.75, 3.05) is 46.2 Å². The van der Waals surface area contributed by atoms with Crippen LogP contribution in [0.15, 0.2) is 0 Å². The number of ether oxygens (including phenoxy) is 3. The van der Waals surface area contributed by atoms with Crippen LogP contribution in [0, 0.1) is 0 Å². The van der Waals surface area contributed by atoms with Crippen molar-refractivity contribution < 1.29 is 18.6 Å². The zero-order valence-corrected chi connectivity index (χ0v) is 12.2. The normalized spacial score (nSPS) is 10.9. The van der Waals surface area contributed by atoms with E-state index in [1.54, 1.807) is 0 Å². The van der Waals surface area contributed by atoms with Crippen LogP contribution in [0.2, 0.25) is 6.04 Å². The third-order valence-electron chi connectivity index (χ3n) is 1.88. The summed E-state index contributed by atoms with van der Waals surface area (Å²) in [7, 11) is 0.616. The van der Waals surface area contributed by atoms with Gasteiger partial charge in [-0.15, -0.1) is 0 Å². The second-order valence-corrected chi connectivity index (χ2v) is 4.66. The average Bonchev–Trinajstić information content (AvgIpc) is 2.35. The molecule has 5 heteroatoms. The van der Waals surface area contributed by atoms with Gasteiger partial charge in [0.2, 0.25) is 9.76 Å². The van der Waals surface area contributed by atoms with E-state index in [0.29, 0.717) is 49.4 Å². The summed E-state index contributed by atoms with van der Waals surface area (Å²) in [4.78, 5) is 0. The quantitative estimate of drug-likeness (QED) is 0.354. The fourth-order valence-corrected chi connectivity index (χ4v) is 1.61. The van der Waals surface area contributed by atoms with Crippen LogP contribution in [0.5, 0.6) is 0 Å². The molecule has 0 unspecified atom stereocenters. The summed E-state index contributed by atoms with van der Waals surface area (Å²) >= 11 is 0. The van der Waals surface area contributed by atoms with Gasteiger partial charge in [-0.05, 0) is 12.5 Å². The molecule has 0 atom stereocenters. The number of hydrogen-bond acceptors (Lipinski definition) is 4. The van der Waals surface area contributed by atoms with E-state index in [1.807, 2.05) is 0 Å². The van der Waals surface area contributed by atoms with Crippen LogP contribution in [0.25, 0.3) is 0 Å². The van der Waals surface area contributed by atoms with Gasteiger partial charge in [-0.1, -0.05) is 20.3 Å². The lowest BCUT2D eigenvalue weighted by atomic mass is 10.5. The predicted molar refractivity (Wildman–Crippen MR) is 69.6 cm³/mol. The summed E-state index contributed by atoms with van der Waals surface area (Å²) in [5.74, 6) is 0. The highest BCUT2D eigenvalue weighted by atomic mass is 28.2. The molecule has 17 heavy (non-hydrogen) atoms. The Labute approximate surface area is 108 Å². The Bertz CT molecular complexity index is 122. The Morgan fingerprint density at radius 3 is 1.71 bits per heavy atom. The van der Waals surface area contributed by atoms with E-state index < -0.39 is 0 Å². The summed E-state index contributed by atoms with van der Waals surface area (Å²) in [5.41, 5.74) is 0. The summed E-state index contributed by atoms with van der Waals surface area (Å²) in [6.45, 7) is 9.01. The average molecular weight is 262 g/mol. The van der Waals surface area contributed by atoms with Crippen LogP contribution in [0.3, 0.4) is 0 Å². The fraction of sp³-hybridized carbons (Fsp3) is 1.00. The molecule has 0 aromatic rings. The van der Waals surface area contributed by atoms with E-state index >= 15 is 0 Å². The van der Waals surface area contributed by atoms with Gasteiger partial charge in [0.05, 0.1) is 39.6 Å². The first-order chi connectivity index (χ1) is 8.41. The lowest BCUT2D eigenvalue weighted by Crippen LogP contribution is -2.12. The van der Waals surface area contributed by atoms with Gasteiger partial charge in [-0.25, -0.2) is 0 Å². The van der Waals surface area contributed by atoms with Crippen molar-refractivity contribution in [1.82, 2.24) is 0 Å². The molecule has 0 amide bonds. The Hall–Kier alpha value is 0.0569. The van der Waals surface area contributed by atoms with E-state index in [0.717, 1.165) is 19.1 Å². The zero-order chi connectivity index (χ0) is 12.6. The topological polar surface area (TPSA) is 36.9 Å². The third-order valence-corrected chi connectivity index (χ3v) is 2.99. The molecule has 0 aliphatic rings. The van der Waals surface area contributed by atoms with Crippen molar-refractivity contribution in [1.29, 1.82) is 0 Å². The minimum absolute atomic E-state index is 0.616. The molecule has 0 aliphatic carbocycles.